The van der Waals surface area contributed by atoms with Crippen molar-refractivity contribution in [3.63, 3.8) is 0 Å². The summed E-state index contributed by atoms with van der Waals surface area (Å²) in [5, 5.41) is 17.2. The van der Waals surface area contributed by atoms with Crippen molar-refractivity contribution in [2.75, 3.05) is 13.2 Å². The minimum absolute atomic E-state index is 0.239. The highest BCUT2D eigenvalue weighted by Gasteiger charge is 2.26. The largest absolute Gasteiger partial charge is 0.394 e. The first-order chi connectivity index (χ1) is 6.42. The van der Waals surface area contributed by atoms with Crippen LogP contribution in [-0.2, 0) is 0 Å². The van der Waals surface area contributed by atoms with Gasteiger partial charge in [-0.15, -0.1) is 5.10 Å². The van der Waals surface area contributed by atoms with E-state index in [0.29, 0.717) is 0 Å². The Morgan fingerprint density at radius 3 is 3.23 bits per heavy atom. The standard InChI is InChI=1S/C9H15N3O/c13-7-8-3-2-6-12(8)9-4-1-5-10-11-9/h5,8,13H,1-4,6-7H2. The summed E-state index contributed by atoms with van der Waals surface area (Å²) < 4.78 is 0. The first-order valence-corrected chi connectivity index (χ1v) is 4.87. The van der Waals surface area contributed by atoms with Crippen LogP contribution in [0.15, 0.2) is 10.2 Å². The summed E-state index contributed by atoms with van der Waals surface area (Å²) >= 11 is 0. The molecule has 0 aromatic heterocycles. The molecule has 1 unspecified atom stereocenters. The predicted molar refractivity (Wildman–Crippen MR) is 52.0 cm³/mol. The van der Waals surface area contributed by atoms with Gasteiger partial charge in [-0.3, -0.25) is 0 Å². The van der Waals surface area contributed by atoms with Gasteiger partial charge in [-0.05, 0) is 19.3 Å². The Kier molecular flexibility index (Phi) is 2.59. The van der Waals surface area contributed by atoms with Crippen molar-refractivity contribution in [1.82, 2.24) is 4.90 Å². The molecule has 0 aliphatic carbocycles. The van der Waals surface area contributed by atoms with Gasteiger partial charge in [-0.25, -0.2) is 0 Å². The van der Waals surface area contributed by atoms with Crippen LogP contribution in [0.2, 0.25) is 0 Å². The second-order valence-corrected chi connectivity index (χ2v) is 3.52. The van der Waals surface area contributed by atoms with Gasteiger partial charge in [0.2, 0.25) is 0 Å². The molecule has 1 N–H and O–H groups in total. The van der Waals surface area contributed by atoms with Crippen LogP contribution in [-0.4, -0.2) is 41.3 Å². The summed E-state index contributed by atoms with van der Waals surface area (Å²) in [7, 11) is 0. The lowest BCUT2D eigenvalue weighted by atomic mass is 10.2. The molecule has 2 rings (SSSR count). The summed E-state index contributed by atoms with van der Waals surface area (Å²) in [5.74, 6) is 1.05. The summed E-state index contributed by atoms with van der Waals surface area (Å²) in [6, 6.07) is 0.284. The molecular weight excluding hydrogens is 166 g/mol. The number of aliphatic hydroxyl groups is 1. The van der Waals surface area contributed by atoms with Gasteiger partial charge in [0.1, 0.15) is 5.84 Å². The first-order valence-electron chi connectivity index (χ1n) is 4.87. The van der Waals surface area contributed by atoms with Gasteiger partial charge in [0, 0.05) is 19.2 Å². The van der Waals surface area contributed by atoms with Crippen LogP contribution in [0.4, 0.5) is 0 Å². The van der Waals surface area contributed by atoms with Crippen LogP contribution in [0, 0.1) is 0 Å². The molecule has 4 nitrogen and oxygen atoms in total. The molecule has 0 radical (unpaired) electrons. The topological polar surface area (TPSA) is 48.2 Å². The van der Waals surface area contributed by atoms with Crippen LogP contribution in [0.25, 0.3) is 0 Å². The van der Waals surface area contributed by atoms with Crippen LogP contribution in [0.1, 0.15) is 25.7 Å². The lowest BCUT2D eigenvalue weighted by molar-refractivity contribution is 0.206. The fourth-order valence-electron chi connectivity index (χ4n) is 1.98. The third kappa shape index (κ3) is 1.72. The van der Waals surface area contributed by atoms with E-state index in [1.807, 2.05) is 6.21 Å². The quantitative estimate of drug-likeness (QED) is 0.644. The smallest absolute Gasteiger partial charge is 0.128 e. The SMILES string of the molecule is OCC1CCCN1C1=NN=CCC1. The molecule has 2 aliphatic rings. The van der Waals surface area contributed by atoms with Gasteiger partial charge in [-0.2, -0.15) is 5.10 Å². The number of nitrogens with zero attached hydrogens (tertiary/aromatic N) is 3. The highest BCUT2D eigenvalue weighted by molar-refractivity contribution is 5.86. The first kappa shape index (κ1) is 8.69. The molecule has 72 valence electrons. The number of aliphatic hydroxyl groups excluding tert-OH is 1. The van der Waals surface area contributed by atoms with Crippen LogP contribution >= 0.6 is 0 Å². The average Bonchev–Trinajstić information content (AvgIpc) is 2.67. The number of likely N-dealkylation sites (tertiary alicyclic amines) is 1. The van der Waals surface area contributed by atoms with Crippen molar-refractivity contribution in [3.05, 3.63) is 0 Å². The Morgan fingerprint density at radius 2 is 2.54 bits per heavy atom. The Bertz CT molecular complexity index is 237. The number of hydrogen-bond donors (Lipinski definition) is 1. The molecule has 1 fully saturated rings. The molecule has 1 saturated heterocycles. The van der Waals surface area contributed by atoms with Crippen molar-refractivity contribution in [2.45, 2.75) is 31.7 Å². The molecule has 0 aromatic rings. The molecule has 4 heteroatoms. The summed E-state index contributed by atoms with van der Waals surface area (Å²) in [5.41, 5.74) is 0. The molecular formula is C9H15N3O. The highest BCUT2D eigenvalue weighted by atomic mass is 16.3. The maximum absolute atomic E-state index is 9.13. The zero-order valence-electron chi connectivity index (χ0n) is 7.69. The van der Waals surface area contributed by atoms with Gasteiger partial charge in [0.25, 0.3) is 0 Å². The van der Waals surface area contributed by atoms with E-state index >= 15 is 0 Å². The van der Waals surface area contributed by atoms with E-state index in [2.05, 4.69) is 15.1 Å². The maximum atomic E-state index is 9.13. The van der Waals surface area contributed by atoms with Crippen molar-refractivity contribution < 1.29 is 5.11 Å². The van der Waals surface area contributed by atoms with E-state index in [4.69, 9.17) is 5.11 Å². The summed E-state index contributed by atoms with van der Waals surface area (Å²) in [6.45, 7) is 1.27. The third-order valence-electron chi connectivity index (χ3n) is 2.67. The Balaban J connectivity index is 2.06. The Hall–Kier alpha value is -0.900. The Morgan fingerprint density at radius 1 is 1.62 bits per heavy atom. The van der Waals surface area contributed by atoms with Gasteiger partial charge >= 0.3 is 0 Å². The molecule has 0 bridgehead atoms. The van der Waals surface area contributed by atoms with E-state index in [9.17, 15) is 0 Å². The molecule has 13 heavy (non-hydrogen) atoms. The molecule has 2 aliphatic heterocycles. The van der Waals surface area contributed by atoms with Crippen molar-refractivity contribution >= 4 is 12.1 Å². The number of rotatable bonds is 1. The highest BCUT2D eigenvalue weighted by Crippen LogP contribution is 2.19. The molecule has 0 saturated carbocycles. The number of hydrogen-bond acceptors (Lipinski definition) is 4. The zero-order valence-corrected chi connectivity index (χ0v) is 7.69. The van der Waals surface area contributed by atoms with Crippen molar-refractivity contribution in [2.24, 2.45) is 10.2 Å². The van der Waals surface area contributed by atoms with E-state index in [1.54, 1.807) is 0 Å². The Labute approximate surface area is 78.0 Å². The van der Waals surface area contributed by atoms with E-state index in [-0.39, 0.29) is 12.6 Å². The van der Waals surface area contributed by atoms with Crippen molar-refractivity contribution in [1.29, 1.82) is 0 Å². The maximum Gasteiger partial charge on any atom is 0.128 e. The lowest BCUT2D eigenvalue weighted by Crippen LogP contribution is -2.38. The molecule has 2 heterocycles. The van der Waals surface area contributed by atoms with Crippen LogP contribution in [0.5, 0.6) is 0 Å². The summed E-state index contributed by atoms with van der Waals surface area (Å²) in [4.78, 5) is 2.20. The molecule has 0 spiro atoms. The fourth-order valence-corrected chi connectivity index (χ4v) is 1.98. The molecule has 0 aromatic carbocycles. The molecule has 1 atom stereocenters. The minimum Gasteiger partial charge on any atom is -0.394 e. The van der Waals surface area contributed by atoms with E-state index in [1.165, 1.54) is 0 Å². The zero-order chi connectivity index (χ0) is 9.10. The second kappa shape index (κ2) is 3.87. The van der Waals surface area contributed by atoms with E-state index in [0.717, 1.165) is 38.1 Å². The monoisotopic (exact) mass is 181 g/mol. The van der Waals surface area contributed by atoms with Crippen LogP contribution in [0.3, 0.4) is 0 Å². The van der Waals surface area contributed by atoms with Gasteiger partial charge < -0.3 is 10.0 Å². The number of amidine groups is 1. The fraction of sp³-hybridized carbons (Fsp3) is 0.778. The summed E-state index contributed by atoms with van der Waals surface area (Å²) in [6.07, 6.45) is 6.04. The van der Waals surface area contributed by atoms with Gasteiger partial charge in [0.05, 0.1) is 12.6 Å². The lowest BCUT2D eigenvalue weighted by Gasteiger charge is -2.26. The van der Waals surface area contributed by atoms with Crippen LogP contribution < -0.4 is 0 Å². The van der Waals surface area contributed by atoms with Crippen molar-refractivity contribution in [3.8, 4) is 0 Å². The van der Waals surface area contributed by atoms with Gasteiger partial charge in [-0.1, -0.05) is 0 Å². The minimum atomic E-state index is 0.239. The predicted octanol–water partition coefficient (Wildman–Crippen LogP) is 0.621. The average molecular weight is 181 g/mol. The normalized spacial score (nSPS) is 27.9. The molecule has 0 amide bonds. The second-order valence-electron chi connectivity index (χ2n) is 3.52. The third-order valence-corrected chi connectivity index (χ3v) is 2.67. The van der Waals surface area contributed by atoms with E-state index < -0.39 is 0 Å². The van der Waals surface area contributed by atoms with Gasteiger partial charge in [0.15, 0.2) is 0 Å².